The summed E-state index contributed by atoms with van der Waals surface area (Å²) < 4.78 is 5.17. The topological polar surface area (TPSA) is 76.1 Å². The number of carbonyl (C=O) groups excluding carboxylic acids is 1. The fraction of sp³-hybridized carbons (Fsp3) is 0.150. The van der Waals surface area contributed by atoms with Gasteiger partial charge in [0, 0.05) is 28.2 Å². The standard InChI is InChI=1S/C20H19ClN4O2/c1-12-7-8-14(21)10-17(12)24-20-22-13(2)9-18(25-20)19(26)23-15-5-4-6-16(11-15)27-3/h4-11H,1-3H3,(H,23,26)(H,22,24,25). The number of rotatable bonds is 5. The van der Waals surface area contributed by atoms with E-state index in [1.165, 1.54) is 0 Å². The first-order valence-corrected chi connectivity index (χ1v) is 8.66. The van der Waals surface area contributed by atoms with Crippen molar-refractivity contribution >= 4 is 34.8 Å². The van der Waals surface area contributed by atoms with E-state index in [1.54, 1.807) is 50.4 Å². The van der Waals surface area contributed by atoms with Crippen molar-refractivity contribution < 1.29 is 9.53 Å². The molecular weight excluding hydrogens is 364 g/mol. The summed E-state index contributed by atoms with van der Waals surface area (Å²) in [5.74, 6) is 0.654. The van der Waals surface area contributed by atoms with Gasteiger partial charge in [-0.05, 0) is 49.7 Å². The Bertz CT molecular complexity index is 991. The summed E-state index contributed by atoms with van der Waals surface area (Å²) in [7, 11) is 1.57. The van der Waals surface area contributed by atoms with Gasteiger partial charge in [-0.1, -0.05) is 23.7 Å². The molecule has 0 saturated carbocycles. The molecule has 1 amide bonds. The maximum Gasteiger partial charge on any atom is 0.274 e. The van der Waals surface area contributed by atoms with Gasteiger partial charge < -0.3 is 15.4 Å². The maximum atomic E-state index is 12.6. The predicted octanol–water partition coefficient (Wildman–Crippen LogP) is 4.75. The molecule has 0 aliphatic carbocycles. The molecule has 138 valence electrons. The molecule has 27 heavy (non-hydrogen) atoms. The number of anilines is 3. The number of methoxy groups -OCH3 is 1. The van der Waals surface area contributed by atoms with Crippen LogP contribution in [0.5, 0.6) is 5.75 Å². The number of amides is 1. The number of hydrogen-bond acceptors (Lipinski definition) is 5. The fourth-order valence-electron chi connectivity index (χ4n) is 2.49. The molecule has 0 aliphatic heterocycles. The van der Waals surface area contributed by atoms with Gasteiger partial charge in [-0.2, -0.15) is 0 Å². The largest absolute Gasteiger partial charge is 0.497 e. The average molecular weight is 383 g/mol. The number of carbonyl (C=O) groups is 1. The van der Waals surface area contributed by atoms with Crippen LogP contribution in [0, 0.1) is 13.8 Å². The van der Waals surface area contributed by atoms with Gasteiger partial charge in [0.15, 0.2) is 0 Å². The molecule has 3 aromatic rings. The molecule has 0 atom stereocenters. The molecule has 0 radical (unpaired) electrons. The molecule has 6 nitrogen and oxygen atoms in total. The molecule has 0 unspecified atom stereocenters. The molecule has 1 heterocycles. The van der Waals surface area contributed by atoms with Gasteiger partial charge >= 0.3 is 0 Å². The van der Waals surface area contributed by atoms with Crippen LogP contribution >= 0.6 is 11.6 Å². The second kappa shape index (κ2) is 8.05. The Hall–Kier alpha value is -3.12. The molecular formula is C20H19ClN4O2. The fourth-order valence-corrected chi connectivity index (χ4v) is 2.66. The number of nitrogens with one attached hydrogen (secondary N) is 2. The van der Waals surface area contributed by atoms with Crippen LogP contribution in [0.1, 0.15) is 21.7 Å². The van der Waals surface area contributed by atoms with Crippen molar-refractivity contribution in [1.29, 1.82) is 0 Å². The minimum atomic E-state index is -0.334. The highest BCUT2D eigenvalue weighted by atomic mass is 35.5. The molecule has 2 aromatic carbocycles. The third-order valence-electron chi connectivity index (χ3n) is 3.86. The molecule has 0 aliphatic rings. The van der Waals surface area contributed by atoms with E-state index in [-0.39, 0.29) is 11.6 Å². The van der Waals surface area contributed by atoms with E-state index in [0.717, 1.165) is 11.3 Å². The van der Waals surface area contributed by atoms with Crippen molar-refractivity contribution in [2.75, 3.05) is 17.7 Å². The van der Waals surface area contributed by atoms with Crippen molar-refractivity contribution in [3.63, 3.8) is 0 Å². The summed E-state index contributed by atoms with van der Waals surface area (Å²) in [6.07, 6.45) is 0. The third kappa shape index (κ3) is 4.74. The Balaban J connectivity index is 1.84. The van der Waals surface area contributed by atoms with Crippen molar-refractivity contribution in [2.45, 2.75) is 13.8 Å². The summed E-state index contributed by atoms with van der Waals surface area (Å²) in [4.78, 5) is 21.3. The molecule has 2 N–H and O–H groups in total. The van der Waals surface area contributed by atoms with Crippen LogP contribution in [0.15, 0.2) is 48.5 Å². The lowest BCUT2D eigenvalue weighted by molar-refractivity contribution is 0.102. The second-order valence-electron chi connectivity index (χ2n) is 5.99. The third-order valence-corrected chi connectivity index (χ3v) is 4.10. The molecule has 7 heteroatoms. The first-order chi connectivity index (χ1) is 12.9. The molecule has 1 aromatic heterocycles. The summed E-state index contributed by atoms with van der Waals surface area (Å²) in [5.41, 5.74) is 3.32. The van der Waals surface area contributed by atoms with Gasteiger partial charge in [0.25, 0.3) is 5.91 Å². The quantitative estimate of drug-likeness (QED) is 0.665. The molecule has 3 rings (SSSR count). The Morgan fingerprint density at radius 3 is 2.67 bits per heavy atom. The van der Waals surface area contributed by atoms with E-state index >= 15 is 0 Å². The number of nitrogens with zero attached hydrogens (tertiary/aromatic N) is 2. The smallest absolute Gasteiger partial charge is 0.274 e. The number of aryl methyl sites for hydroxylation is 2. The first-order valence-electron chi connectivity index (χ1n) is 8.29. The molecule has 0 bridgehead atoms. The summed E-state index contributed by atoms with van der Waals surface area (Å²) in [6.45, 7) is 3.75. The Labute approximate surface area is 162 Å². The number of hydrogen-bond donors (Lipinski definition) is 2. The number of aromatic nitrogens is 2. The van der Waals surface area contributed by atoms with Crippen molar-refractivity contribution in [1.82, 2.24) is 9.97 Å². The molecule has 0 saturated heterocycles. The highest BCUT2D eigenvalue weighted by molar-refractivity contribution is 6.30. The van der Waals surface area contributed by atoms with Crippen LogP contribution in [-0.4, -0.2) is 23.0 Å². The van der Waals surface area contributed by atoms with E-state index in [9.17, 15) is 4.79 Å². The Morgan fingerprint density at radius 2 is 1.89 bits per heavy atom. The van der Waals surface area contributed by atoms with Gasteiger partial charge in [0.2, 0.25) is 5.95 Å². The number of benzene rings is 2. The highest BCUT2D eigenvalue weighted by Crippen LogP contribution is 2.23. The second-order valence-corrected chi connectivity index (χ2v) is 6.42. The lowest BCUT2D eigenvalue weighted by atomic mass is 10.2. The van der Waals surface area contributed by atoms with Crippen LogP contribution in [0.2, 0.25) is 5.02 Å². The van der Waals surface area contributed by atoms with Gasteiger partial charge in [-0.15, -0.1) is 0 Å². The van der Waals surface area contributed by atoms with E-state index in [2.05, 4.69) is 20.6 Å². The van der Waals surface area contributed by atoms with Crippen LogP contribution in [-0.2, 0) is 0 Å². The monoisotopic (exact) mass is 382 g/mol. The van der Waals surface area contributed by atoms with E-state index in [4.69, 9.17) is 16.3 Å². The van der Waals surface area contributed by atoms with Crippen LogP contribution in [0.3, 0.4) is 0 Å². The van der Waals surface area contributed by atoms with Gasteiger partial charge in [0.1, 0.15) is 11.4 Å². The summed E-state index contributed by atoms with van der Waals surface area (Å²) >= 11 is 6.06. The zero-order valence-electron chi connectivity index (χ0n) is 15.2. The first kappa shape index (κ1) is 18.7. The van der Waals surface area contributed by atoms with Crippen molar-refractivity contribution in [2.24, 2.45) is 0 Å². The SMILES string of the molecule is COc1cccc(NC(=O)c2cc(C)nc(Nc3cc(Cl)ccc3C)n2)c1. The van der Waals surface area contributed by atoms with Crippen LogP contribution in [0.25, 0.3) is 0 Å². The van der Waals surface area contributed by atoms with E-state index in [1.807, 2.05) is 19.1 Å². The maximum absolute atomic E-state index is 12.6. The van der Waals surface area contributed by atoms with E-state index in [0.29, 0.717) is 28.1 Å². The zero-order chi connectivity index (χ0) is 19.4. The minimum absolute atomic E-state index is 0.257. The molecule has 0 spiro atoms. The Morgan fingerprint density at radius 1 is 1.07 bits per heavy atom. The number of halogens is 1. The van der Waals surface area contributed by atoms with Gasteiger partial charge in [-0.3, -0.25) is 4.79 Å². The highest BCUT2D eigenvalue weighted by Gasteiger charge is 2.12. The van der Waals surface area contributed by atoms with E-state index < -0.39 is 0 Å². The van der Waals surface area contributed by atoms with Gasteiger partial charge in [0.05, 0.1) is 7.11 Å². The normalized spacial score (nSPS) is 10.4. The Kier molecular flexibility index (Phi) is 5.57. The predicted molar refractivity (Wildman–Crippen MR) is 107 cm³/mol. The summed E-state index contributed by atoms with van der Waals surface area (Å²) in [6, 6.07) is 14.3. The molecule has 0 fully saturated rings. The lowest BCUT2D eigenvalue weighted by Gasteiger charge is -2.11. The summed E-state index contributed by atoms with van der Waals surface area (Å²) in [5, 5.41) is 6.54. The van der Waals surface area contributed by atoms with Crippen molar-refractivity contribution in [3.8, 4) is 5.75 Å². The van der Waals surface area contributed by atoms with Crippen LogP contribution < -0.4 is 15.4 Å². The minimum Gasteiger partial charge on any atom is -0.497 e. The zero-order valence-corrected chi connectivity index (χ0v) is 16.0. The number of ether oxygens (including phenoxy) is 1. The van der Waals surface area contributed by atoms with Crippen LogP contribution in [0.4, 0.5) is 17.3 Å². The van der Waals surface area contributed by atoms with Gasteiger partial charge in [-0.25, -0.2) is 9.97 Å². The average Bonchev–Trinajstić information content (AvgIpc) is 2.64. The lowest BCUT2D eigenvalue weighted by Crippen LogP contribution is -2.15. The van der Waals surface area contributed by atoms with Crippen molar-refractivity contribution in [3.05, 3.63) is 70.5 Å².